The van der Waals surface area contributed by atoms with Crippen LogP contribution in [0.5, 0.6) is 0 Å². The third-order valence-corrected chi connectivity index (χ3v) is 7.81. The summed E-state index contributed by atoms with van der Waals surface area (Å²) in [6.45, 7) is 6.42. The van der Waals surface area contributed by atoms with Gasteiger partial charge in [0.2, 0.25) is 0 Å². The lowest BCUT2D eigenvalue weighted by atomic mass is 10.1. The minimum Gasteiger partial charge on any atom is -0.375 e. The molecular formula is C30H50N4S2. The Hall–Kier alpha value is -1.66. The minimum absolute atomic E-state index is 0.830. The highest BCUT2D eigenvalue weighted by atomic mass is 32.1. The van der Waals surface area contributed by atoms with Gasteiger partial charge in [0.1, 0.15) is 9.98 Å². The van der Waals surface area contributed by atoms with E-state index in [1.54, 1.807) is 0 Å². The van der Waals surface area contributed by atoms with E-state index in [-0.39, 0.29) is 0 Å². The molecule has 0 bridgehead atoms. The van der Waals surface area contributed by atoms with Crippen molar-refractivity contribution in [3.8, 4) is 11.4 Å². The van der Waals surface area contributed by atoms with E-state index < -0.39 is 0 Å². The van der Waals surface area contributed by atoms with E-state index in [0.717, 1.165) is 45.8 Å². The van der Waals surface area contributed by atoms with Gasteiger partial charge in [0.15, 0.2) is 0 Å². The maximum absolute atomic E-state index is 5.72. The summed E-state index contributed by atoms with van der Waals surface area (Å²) >= 11 is 11.4. The molecule has 0 spiro atoms. The lowest BCUT2D eigenvalue weighted by Crippen LogP contribution is -2.26. The van der Waals surface area contributed by atoms with Gasteiger partial charge < -0.3 is 19.8 Å². The molecule has 2 heterocycles. The van der Waals surface area contributed by atoms with Crippen molar-refractivity contribution in [2.45, 2.75) is 104 Å². The largest absolute Gasteiger partial charge is 0.375 e. The summed E-state index contributed by atoms with van der Waals surface area (Å²) in [6, 6.07) is 8.56. The fraction of sp³-hybridized carbons (Fsp3) is 0.667. The molecule has 0 saturated heterocycles. The SMILES string of the molecule is CCCCCCCCCNC(=S)c1ccc(-c2ccc(C(=S)NCCCCCCCCC)n2C)n1C. The van der Waals surface area contributed by atoms with E-state index in [4.69, 9.17) is 24.4 Å². The van der Waals surface area contributed by atoms with Crippen LogP contribution in [0.2, 0.25) is 0 Å². The average molecular weight is 531 g/mol. The van der Waals surface area contributed by atoms with Crippen molar-refractivity contribution in [2.24, 2.45) is 14.1 Å². The Labute approximate surface area is 231 Å². The van der Waals surface area contributed by atoms with Gasteiger partial charge in [0.25, 0.3) is 0 Å². The van der Waals surface area contributed by atoms with Crippen LogP contribution >= 0.6 is 24.4 Å². The summed E-state index contributed by atoms with van der Waals surface area (Å²) in [5.74, 6) is 0. The number of aromatic nitrogens is 2. The van der Waals surface area contributed by atoms with E-state index >= 15 is 0 Å². The fourth-order valence-electron chi connectivity index (χ4n) is 4.74. The predicted molar refractivity (Wildman–Crippen MR) is 165 cm³/mol. The highest BCUT2D eigenvalue weighted by Gasteiger charge is 2.15. The third-order valence-electron chi connectivity index (χ3n) is 7.10. The standard InChI is InChI=1S/C30H50N4S2/c1-5-7-9-11-13-15-17-23-31-29(35)27-21-19-25(33(27)3)26-20-22-28(34(26)4)30(36)32-24-18-16-14-12-10-8-6-2/h19-22H,5-18,23-24H2,1-4H3,(H,31,35)(H,32,36). The Kier molecular flexibility index (Phi) is 15.1. The van der Waals surface area contributed by atoms with Crippen LogP contribution in [0.1, 0.15) is 115 Å². The van der Waals surface area contributed by atoms with Crippen molar-refractivity contribution in [2.75, 3.05) is 13.1 Å². The van der Waals surface area contributed by atoms with Crippen molar-refractivity contribution in [1.29, 1.82) is 0 Å². The summed E-state index contributed by atoms with van der Waals surface area (Å²) in [5, 5.41) is 6.93. The van der Waals surface area contributed by atoms with Crippen LogP contribution < -0.4 is 10.6 Å². The zero-order chi connectivity index (χ0) is 26.2. The van der Waals surface area contributed by atoms with Crippen molar-refractivity contribution in [1.82, 2.24) is 19.8 Å². The molecule has 0 radical (unpaired) electrons. The molecule has 0 atom stereocenters. The lowest BCUT2D eigenvalue weighted by Gasteiger charge is -2.13. The number of rotatable bonds is 19. The summed E-state index contributed by atoms with van der Waals surface area (Å²) in [7, 11) is 4.19. The van der Waals surface area contributed by atoms with Gasteiger partial charge in [0, 0.05) is 27.2 Å². The van der Waals surface area contributed by atoms with Gasteiger partial charge in [-0.2, -0.15) is 0 Å². The smallest absolute Gasteiger partial charge is 0.123 e. The Balaban J connectivity index is 1.81. The first kappa shape index (κ1) is 30.6. The topological polar surface area (TPSA) is 33.9 Å². The lowest BCUT2D eigenvalue weighted by molar-refractivity contribution is 0.586. The quantitative estimate of drug-likeness (QED) is 0.142. The molecule has 0 amide bonds. The molecule has 36 heavy (non-hydrogen) atoms. The first-order valence-electron chi connectivity index (χ1n) is 14.4. The second-order valence-corrected chi connectivity index (χ2v) is 10.9. The average Bonchev–Trinajstić information content (AvgIpc) is 3.44. The monoisotopic (exact) mass is 530 g/mol. The maximum Gasteiger partial charge on any atom is 0.123 e. The van der Waals surface area contributed by atoms with Crippen molar-refractivity contribution in [3.63, 3.8) is 0 Å². The van der Waals surface area contributed by atoms with Crippen LogP contribution in [0.4, 0.5) is 0 Å². The summed E-state index contributed by atoms with van der Waals surface area (Å²) < 4.78 is 4.38. The van der Waals surface area contributed by atoms with Gasteiger partial charge in [0.05, 0.1) is 22.8 Å². The van der Waals surface area contributed by atoms with Crippen molar-refractivity contribution in [3.05, 3.63) is 35.7 Å². The molecule has 0 aliphatic heterocycles. The van der Waals surface area contributed by atoms with Crippen LogP contribution in [0.3, 0.4) is 0 Å². The number of hydrogen-bond donors (Lipinski definition) is 2. The predicted octanol–water partition coefficient (Wildman–Crippen LogP) is 8.06. The van der Waals surface area contributed by atoms with E-state index in [2.05, 4.69) is 72.0 Å². The van der Waals surface area contributed by atoms with Crippen LogP contribution in [0.15, 0.2) is 24.3 Å². The molecule has 2 aromatic heterocycles. The highest BCUT2D eigenvalue weighted by molar-refractivity contribution is 7.81. The van der Waals surface area contributed by atoms with Gasteiger partial charge in [-0.1, -0.05) is 115 Å². The molecule has 2 N–H and O–H groups in total. The zero-order valence-electron chi connectivity index (χ0n) is 23.3. The summed E-state index contributed by atoms with van der Waals surface area (Å²) in [6.07, 6.45) is 18.3. The molecule has 0 saturated carbocycles. The van der Waals surface area contributed by atoms with E-state index in [1.807, 2.05) is 0 Å². The Morgan fingerprint density at radius 3 is 1.25 bits per heavy atom. The molecule has 0 fully saturated rings. The van der Waals surface area contributed by atoms with E-state index in [0.29, 0.717) is 0 Å². The number of hydrogen-bond acceptors (Lipinski definition) is 2. The first-order chi connectivity index (χ1) is 17.5. The molecule has 0 aromatic carbocycles. The second-order valence-electron chi connectivity index (χ2n) is 10.1. The molecule has 202 valence electrons. The fourth-order valence-corrected chi connectivity index (χ4v) is 5.36. The van der Waals surface area contributed by atoms with Gasteiger partial charge in [-0.3, -0.25) is 0 Å². The second kappa shape index (κ2) is 17.7. The molecule has 2 rings (SSSR count). The number of unbranched alkanes of at least 4 members (excludes halogenated alkanes) is 12. The Morgan fingerprint density at radius 1 is 0.556 bits per heavy atom. The highest BCUT2D eigenvalue weighted by Crippen LogP contribution is 2.24. The molecule has 0 aliphatic rings. The number of nitrogens with zero attached hydrogens (tertiary/aromatic N) is 2. The summed E-state index contributed by atoms with van der Waals surface area (Å²) in [4.78, 5) is 1.66. The molecule has 6 heteroatoms. The van der Waals surface area contributed by atoms with Gasteiger partial charge in [-0.05, 0) is 37.1 Å². The Morgan fingerprint density at radius 2 is 0.889 bits per heavy atom. The molecule has 0 aliphatic carbocycles. The molecular weight excluding hydrogens is 480 g/mol. The van der Waals surface area contributed by atoms with Gasteiger partial charge in [-0.25, -0.2) is 0 Å². The van der Waals surface area contributed by atoms with Crippen LogP contribution in [-0.4, -0.2) is 32.2 Å². The normalized spacial score (nSPS) is 11.1. The van der Waals surface area contributed by atoms with Gasteiger partial charge >= 0.3 is 0 Å². The zero-order valence-corrected chi connectivity index (χ0v) is 25.0. The van der Waals surface area contributed by atoms with Crippen LogP contribution in [0.25, 0.3) is 11.4 Å². The first-order valence-corrected chi connectivity index (χ1v) is 15.2. The minimum atomic E-state index is 0.830. The van der Waals surface area contributed by atoms with Crippen LogP contribution in [0, 0.1) is 0 Å². The molecule has 4 nitrogen and oxygen atoms in total. The van der Waals surface area contributed by atoms with Crippen molar-refractivity contribution >= 4 is 34.4 Å². The number of thiocarbonyl (C=S) groups is 2. The van der Waals surface area contributed by atoms with E-state index in [1.165, 1.54) is 89.9 Å². The Bertz CT molecular complexity index is 838. The third kappa shape index (κ3) is 10.0. The van der Waals surface area contributed by atoms with Crippen LogP contribution in [-0.2, 0) is 14.1 Å². The van der Waals surface area contributed by atoms with E-state index in [9.17, 15) is 0 Å². The molecule has 2 aromatic rings. The summed E-state index contributed by atoms with van der Waals surface area (Å²) in [5.41, 5.74) is 4.41. The molecule has 0 unspecified atom stereocenters. The van der Waals surface area contributed by atoms with Gasteiger partial charge in [-0.15, -0.1) is 0 Å². The maximum atomic E-state index is 5.72. The van der Waals surface area contributed by atoms with Crippen molar-refractivity contribution < 1.29 is 0 Å². The number of nitrogens with one attached hydrogen (secondary N) is 2.